The molecule has 3 aromatic heterocycles. The van der Waals surface area contributed by atoms with E-state index in [-0.39, 0.29) is 6.61 Å². The van der Waals surface area contributed by atoms with Gasteiger partial charge in [-0.15, -0.1) is 0 Å². The lowest BCUT2D eigenvalue weighted by Gasteiger charge is -2.05. The van der Waals surface area contributed by atoms with Gasteiger partial charge in [-0.05, 0) is 30.4 Å². The Kier molecular flexibility index (Phi) is 4.08. The van der Waals surface area contributed by atoms with E-state index in [0.29, 0.717) is 23.5 Å². The average molecular weight is 345 g/mol. The Hall–Kier alpha value is -2.18. The van der Waals surface area contributed by atoms with E-state index in [4.69, 9.17) is 21.1 Å². The third kappa shape index (κ3) is 3.34. The lowest BCUT2D eigenvalue weighted by molar-refractivity contribution is 0.176. The second kappa shape index (κ2) is 6.37. The fourth-order valence-electron chi connectivity index (χ4n) is 2.65. The number of ether oxygens (including phenoxy) is 2. The van der Waals surface area contributed by atoms with Crippen LogP contribution in [0.2, 0.25) is 5.15 Å². The van der Waals surface area contributed by atoms with Crippen molar-refractivity contribution < 1.29 is 9.47 Å². The van der Waals surface area contributed by atoms with Crippen molar-refractivity contribution in [3.63, 3.8) is 0 Å². The van der Waals surface area contributed by atoms with Crippen molar-refractivity contribution in [1.29, 1.82) is 0 Å². The first kappa shape index (κ1) is 15.4. The molecule has 6 nitrogen and oxygen atoms in total. The normalized spacial score (nSPS) is 14.2. The van der Waals surface area contributed by atoms with Crippen molar-refractivity contribution in [3.8, 4) is 5.88 Å². The van der Waals surface area contributed by atoms with Crippen LogP contribution in [0.1, 0.15) is 35.8 Å². The minimum Gasteiger partial charge on any atom is -0.471 e. The molecular formula is C17H17ClN4O2. The molecule has 0 amide bonds. The highest BCUT2D eigenvalue weighted by molar-refractivity contribution is 6.29. The number of methoxy groups -OCH3 is 1. The van der Waals surface area contributed by atoms with Crippen molar-refractivity contribution in [2.75, 3.05) is 7.11 Å². The highest BCUT2D eigenvalue weighted by atomic mass is 35.5. The maximum Gasteiger partial charge on any atom is 0.218 e. The maximum atomic E-state index is 5.98. The molecule has 0 unspecified atom stereocenters. The van der Waals surface area contributed by atoms with Crippen LogP contribution >= 0.6 is 11.6 Å². The zero-order chi connectivity index (χ0) is 16.5. The summed E-state index contributed by atoms with van der Waals surface area (Å²) < 4.78 is 12.8. The van der Waals surface area contributed by atoms with E-state index in [0.717, 1.165) is 17.3 Å². The van der Waals surface area contributed by atoms with E-state index in [1.807, 2.05) is 6.20 Å². The van der Waals surface area contributed by atoms with Gasteiger partial charge < -0.3 is 13.9 Å². The minimum absolute atomic E-state index is 0.287. The quantitative estimate of drug-likeness (QED) is 0.641. The fraction of sp³-hybridized carbons (Fsp3) is 0.353. The average Bonchev–Trinajstić information content (AvgIpc) is 3.32. The summed E-state index contributed by atoms with van der Waals surface area (Å²) in [6, 6.07) is 5.79. The van der Waals surface area contributed by atoms with Gasteiger partial charge in [0.1, 0.15) is 24.0 Å². The number of nitrogens with zero attached hydrogens (tertiary/aromatic N) is 4. The number of aromatic nitrogens is 4. The van der Waals surface area contributed by atoms with Gasteiger partial charge in [-0.3, -0.25) is 0 Å². The predicted octanol–water partition coefficient (Wildman–Crippen LogP) is 3.38. The third-order valence-corrected chi connectivity index (χ3v) is 4.13. The Balaban J connectivity index is 1.50. The number of hydrogen-bond acceptors (Lipinski definition) is 5. The summed E-state index contributed by atoms with van der Waals surface area (Å²) in [4.78, 5) is 12.9. The summed E-state index contributed by atoms with van der Waals surface area (Å²) in [5.74, 6) is 1.63. The summed E-state index contributed by atoms with van der Waals surface area (Å²) in [7, 11) is 1.58. The number of fused-ring (bicyclic) bond motifs is 1. The van der Waals surface area contributed by atoms with Gasteiger partial charge in [0.25, 0.3) is 0 Å². The van der Waals surface area contributed by atoms with Crippen LogP contribution in [0.5, 0.6) is 5.88 Å². The van der Waals surface area contributed by atoms with Crippen LogP contribution in [0.15, 0.2) is 30.6 Å². The van der Waals surface area contributed by atoms with Gasteiger partial charge in [-0.1, -0.05) is 17.7 Å². The Labute approximate surface area is 144 Å². The fourth-order valence-corrected chi connectivity index (χ4v) is 2.84. The summed E-state index contributed by atoms with van der Waals surface area (Å²) in [5, 5.41) is 0.330. The molecule has 0 N–H and O–H groups in total. The maximum absolute atomic E-state index is 5.98. The zero-order valence-corrected chi connectivity index (χ0v) is 14.0. The molecule has 0 aliphatic heterocycles. The molecule has 3 heterocycles. The second-order valence-corrected chi connectivity index (χ2v) is 6.29. The van der Waals surface area contributed by atoms with Gasteiger partial charge in [0.05, 0.1) is 5.69 Å². The Bertz CT molecular complexity index is 876. The summed E-state index contributed by atoms with van der Waals surface area (Å²) in [6.45, 7) is 0.607. The summed E-state index contributed by atoms with van der Waals surface area (Å²) >= 11 is 5.98. The Morgan fingerprint density at radius 3 is 2.83 bits per heavy atom. The molecule has 0 aromatic carbocycles. The number of imidazole rings is 1. The molecule has 0 spiro atoms. The number of hydrogen-bond donors (Lipinski definition) is 0. The molecular weight excluding hydrogens is 328 g/mol. The summed E-state index contributed by atoms with van der Waals surface area (Å²) in [6.07, 6.45) is 6.71. The van der Waals surface area contributed by atoms with Gasteiger partial charge >= 0.3 is 0 Å². The van der Waals surface area contributed by atoms with Crippen molar-refractivity contribution in [1.82, 2.24) is 19.4 Å². The first-order valence-corrected chi connectivity index (χ1v) is 8.22. The van der Waals surface area contributed by atoms with Crippen LogP contribution < -0.4 is 4.74 Å². The molecule has 1 aliphatic rings. The van der Waals surface area contributed by atoms with Crippen LogP contribution in [0.4, 0.5) is 0 Å². The van der Waals surface area contributed by atoms with Crippen LogP contribution in [0, 0.1) is 0 Å². The molecule has 0 bridgehead atoms. The monoisotopic (exact) mass is 344 g/mol. The zero-order valence-electron chi connectivity index (χ0n) is 13.3. The van der Waals surface area contributed by atoms with Crippen LogP contribution in [0.3, 0.4) is 0 Å². The van der Waals surface area contributed by atoms with Gasteiger partial charge in [-0.25, -0.2) is 9.97 Å². The van der Waals surface area contributed by atoms with E-state index in [9.17, 15) is 0 Å². The lowest BCUT2D eigenvalue weighted by Crippen LogP contribution is -2.02. The lowest BCUT2D eigenvalue weighted by atomic mass is 10.2. The van der Waals surface area contributed by atoms with E-state index in [1.54, 1.807) is 13.2 Å². The molecule has 0 saturated heterocycles. The molecule has 0 atom stereocenters. The topological polar surface area (TPSA) is 61.5 Å². The molecule has 7 heteroatoms. The molecule has 4 rings (SSSR count). The molecule has 0 radical (unpaired) electrons. The van der Waals surface area contributed by atoms with Crippen molar-refractivity contribution >= 4 is 17.2 Å². The molecule has 1 aliphatic carbocycles. The van der Waals surface area contributed by atoms with Crippen LogP contribution in [-0.4, -0.2) is 26.5 Å². The largest absolute Gasteiger partial charge is 0.471 e. The van der Waals surface area contributed by atoms with Crippen LogP contribution in [0.25, 0.3) is 5.65 Å². The Morgan fingerprint density at radius 2 is 2.04 bits per heavy atom. The van der Waals surface area contributed by atoms with Crippen molar-refractivity contribution in [3.05, 3.63) is 52.8 Å². The van der Waals surface area contributed by atoms with E-state index in [2.05, 4.69) is 37.7 Å². The van der Waals surface area contributed by atoms with E-state index in [1.165, 1.54) is 18.4 Å². The SMILES string of the molecule is COCc1nc(Cl)cc(OCc2cn3cc(C4CC4)ccc3n2)n1. The van der Waals surface area contributed by atoms with Crippen molar-refractivity contribution in [2.24, 2.45) is 0 Å². The molecule has 1 saturated carbocycles. The number of rotatable bonds is 6. The summed E-state index contributed by atoms with van der Waals surface area (Å²) in [5.41, 5.74) is 3.13. The Morgan fingerprint density at radius 1 is 1.17 bits per heavy atom. The highest BCUT2D eigenvalue weighted by Gasteiger charge is 2.23. The number of pyridine rings is 1. The molecule has 1 fully saturated rings. The number of halogens is 1. The van der Waals surface area contributed by atoms with Gasteiger partial charge in [0.15, 0.2) is 5.82 Å². The first-order valence-electron chi connectivity index (χ1n) is 7.84. The predicted molar refractivity (Wildman–Crippen MR) is 89.3 cm³/mol. The second-order valence-electron chi connectivity index (χ2n) is 5.90. The standard InChI is InChI=1S/C17H17ClN4O2/c1-23-10-15-20-14(18)6-17(21-15)24-9-13-8-22-7-12(11-2-3-11)4-5-16(22)19-13/h4-8,11H,2-3,9-10H2,1H3. The molecule has 124 valence electrons. The highest BCUT2D eigenvalue weighted by Crippen LogP contribution is 2.39. The van der Waals surface area contributed by atoms with E-state index >= 15 is 0 Å². The van der Waals surface area contributed by atoms with Gasteiger partial charge in [0.2, 0.25) is 5.88 Å². The minimum atomic E-state index is 0.287. The van der Waals surface area contributed by atoms with E-state index < -0.39 is 0 Å². The van der Waals surface area contributed by atoms with Gasteiger partial charge in [0, 0.05) is 25.6 Å². The first-order chi connectivity index (χ1) is 11.7. The smallest absolute Gasteiger partial charge is 0.218 e. The van der Waals surface area contributed by atoms with Crippen molar-refractivity contribution in [2.45, 2.75) is 32.0 Å². The van der Waals surface area contributed by atoms with Gasteiger partial charge in [-0.2, -0.15) is 4.98 Å². The molecule has 24 heavy (non-hydrogen) atoms. The molecule has 3 aromatic rings. The third-order valence-electron chi connectivity index (χ3n) is 3.93. The van der Waals surface area contributed by atoms with Crippen LogP contribution in [-0.2, 0) is 18.0 Å².